The summed E-state index contributed by atoms with van der Waals surface area (Å²) in [5, 5.41) is 6.30. The van der Waals surface area contributed by atoms with Crippen molar-refractivity contribution in [1.82, 2.24) is 20.6 Å². The summed E-state index contributed by atoms with van der Waals surface area (Å²) in [5.41, 5.74) is 1.22. The second kappa shape index (κ2) is 11.1. The quantitative estimate of drug-likeness (QED) is 0.607. The normalized spacial score (nSPS) is 19.2. The maximum atomic E-state index is 13.3. The molecule has 0 bridgehead atoms. The van der Waals surface area contributed by atoms with E-state index < -0.39 is 0 Å². The van der Waals surface area contributed by atoms with E-state index in [0.29, 0.717) is 23.6 Å². The number of hydrogen-bond acceptors (Lipinski definition) is 6. The van der Waals surface area contributed by atoms with Crippen LogP contribution >= 0.6 is 0 Å². The fourth-order valence-corrected chi connectivity index (χ4v) is 5.24. The number of carbonyl (C=O) groups excluding carboxylic acids is 2. The number of nitrogens with zero attached hydrogens (tertiary/aromatic N) is 4. The van der Waals surface area contributed by atoms with Gasteiger partial charge in [-0.3, -0.25) is 9.59 Å². The molecule has 1 aliphatic carbocycles. The number of nitrogens with one attached hydrogen (secondary N) is 2. The first kappa shape index (κ1) is 23.6. The number of hydrogen-bond donors (Lipinski definition) is 2. The van der Waals surface area contributed by atoms with Crippen molar-refractivity contribution in [2.24, 2.45) is 5.92 Å². The number of amides is 2. The van der Waals surface area contributed by atoms with Gasteiger partial charge in [0.2, 0.25) is 0 Å². The van der Waals surface area contributed by atoms with Crippen LogP contribution in [0.1, 0.15) is 72.1 Å². The molecule has 2 amide bonds. The number of piperidine rings is 2. The minimum atomic E-state index is -0.131. The van der Waals surface area contributed by atoms with E-state index in [1.807, 2.05) is 24.3 Å². The minimum Gasteiger partial charge on any atom is -0.356 e. The van der Waals surface area contributed by atoms with Crippen molar-refractivity contribution in [2.45, 2.75) is 57.4 Å². The lowest BCUT2D eigenvalue weighted by molar-refractivity contribution is 0.0903. The summed E-state index contributed by atoms with van der Waals surface area (Å²) in [4.78, 5) is 40.0. The third-order valence-electron chi connectivity index (χ3n) is 7.36. The van der Waals surface area contributed by atoms with E-state index >= 15 is 0 Å². The molecule has 35 heavy (non-hydrogen) atoms. The van der Waals surface area contributed by atoms with Crippen molar-refractivity contribution in [2.75, 3.05) is 42.5 Å². The molecule has 1 atom stereocenters. The lowest BCUT2D eigenvalue weighted by Crippen LogP contribution is -2.46. The molecule has 2 aliphatic heterocycles. The zero-order chi connectivity index (χ0) is 24.0. The van der Waals surface area contributed by atoms with E-state index in [4.69, 9.17) is 0 Å². The molecule has 8 nitrogen and oxygen atoms in total. The topological polar surface area (TPSA) is 90.5 Å². The van der Waals surface area contributed by atoms with Crippen molar-refractivity contribution < 1.29 is 9.59 Å². The van der Waals surface area contributed by atoms with Gasteiger partial charge in [0.15, 0.2) is 0 Å². The first-order chi connectivity index (χ1) is 17.2. The maximum Gasteiger partial charge on any atom is 0.255 e. The zero-order valence-corrected chi connectivity index (χ0v) is 20.4. The van der Waals surface area contributed by atoms with Crippen molar-refractivity contribution >= 4 is 23.5 Å². The largest absolute Gasteiger partial charge is 0.356 e. The number of rotatable bonds is 8. The highest BCUT2D eigenvalue weighted by atomic mass is 16.2. The molecule has 1 unspecified atom stereocenters. The van der Waals surface area contributed by atoms with E-state index in [-0.39, 0.29) is 17.9 Å². The Morgan fingerprint density at radius 1 is 0.800 bits per heavy atom. The Kier molecular flexibility index (Phi) is 7.45. The Bertz CT molecular complexity index is 1030. The Labute approximate surface area is 207 Å². The van der Waals surface area contributed by atoms with Crippen LogP contribution in [0.3, 0.4) is 0 Å². The number of carbonyl (C=O) groups is 2. The summed E-state index contributed by atoms with van der Waals surface area (Å²) in [6.45, 7) is 4.14. The van der Waals surface area contributed by atoms with Gasteiger partial charge in [-0.15, -0.1) is 0 Å². The van der Waals surface area contributed by atoms with Gasteiger partial charge in [-0.05, 0) is 81.5 Å². The predicted molar refractivity (Wildman–Crippen MR) is 137 cm³/mol. The molecule has 2 saturated heterocycles. The van der Waals surface area contributed by atoms with Crippen molar-refractivity contribution in [3.8, 4) is 0 Å². The standard InChI is InChI=1S/C27H36N6O2/c34-26(21-9-7-13-28-24(21)32-15-3-1-4-16-32)30-19-23(20-11-12-20)31-27(35)22-10-8-14-29-25(22)33-17-5-2-6-18-33/h7-10,13-14,20,23H,1-6,11-12,15-19H2,(H,30,34)(H,31,35). The molecular weight excluding hydrogens is 440 g/mol. The highest BCUT2D eigenvalue weighted by Gasteiger charge is 2.34. The second-order valence-corrected chi connectivity index (χ2v) is 9.97. The lowest BCUT2D eigenvalue weighted by Gasteiger charge is -2.29. The van der Waals surface area contributed by atoms with Crippen LogP contribution in [0, 0.1) is 5.92 Å². The Hall–Kier alpha value is -3.16. The highest BCUT2D eigenvalue weighted by molar-refractivity contribution is 6.00. The van der Waals surface area contributed by atoms with Gasteiger partial charge in [-0.2, -0.15) is 0 Å². The first-order valence-electron chi connectivity index (χ1n) is 13.2. The molecule has 2 aromatic heterocycles. The summed E-state index contributed by atoms with van der Waals surface area (Å²) >= 11 is 0. The Morgan fingerprint density at radius 3 is 1.83 bits per heavy atom. The molecule has 0 aromatic carbocycles. The molecular formula is C27H36N6O2. The molecule has 8 heteroatoms. The molecule has 0 spiro atoms. The van der Waals surface area contributed by atoms with Crippen LogP contribution in [0.4, 0.5) is 11.6 Å². The molecule has 0 radical (unpaired) electrons. The molecule has 3 fully saturated rings. The van der Waals surface area contributed by atoms with Gasteiger partial charge in [0, 0.05) is 51.2 Å². The SMILES string of the molecule is O=C(NCC(NC(=O)c1cccnc1N1CCCCC1)C1CC1)c1cccnc1N1CCCCC1. The molecule has 5 rings (SSSR count). The van der Waals surface area contributed by atoms with E-state index in [1.54, 1.807) is 12.4 Å². The molecule has 2 aromatic rings. The van der Waals surface area contributed by atoms with E-state index in [9.17, 15) is 9.59 Å². The van der Waals surface area contributed by atoms with Gasteiger partial charge < -0.3 is 20.4 Å². The van der Waals surface area contributed by atoms with Crippen LogP contribution in [-0.4, -0.2) is 60.5 Å². The van der Waals surface area contributed by atoms with Crippen LogP contribution in [-0.2, 0) is 0 Å². The molecule has 1 saturated carbocycles. The maximum absolute atomic E-state index is 13.3. The fraction of sp³-hybridized carbons (Fsp3) is 0.556. The summed E-state index contributed by atoms with van der Waals surface area (Å²) in [5.74, 6) is 1.68. The van der Waals surface area contributed by atoms with E-state index in [0.717, 1.165) is 76.3 Å². The molecule has 3 aliphatic rings. The monoisotopic (exact) mass is 476 g/mol. The third kappa shape index (κ3) is 5.74. The van der Waals surface area contributed by atoms with Gasteiger partial charge in [0.25, 0.3) is 11.8 Å². The fourth-order valence-electron chi connectivity index (χ4n) is 5.24. The average molecular weight is 477 g/mol. The first-order valence-corrected chi connectivity index (χ1v) is 13.2. The summed E-state index contributed by atoms with van der Waals surface area (Å²) < 4.78 is 0. The summed E-state index contributed by atoms with van der Waals surface area (Å²) in [6.07, 6.45) is 12.6. The minimum absolute atomic E-state index is 0.101. The molecule has 2 N–H and O–H groups in total. The highest BCUT2D eigenvalue weighted by Crippen LogP contribution is 2.33. The second-order valence-electron chi connectivity index (χ2n) is 9.97. The van der Waals surface area contributed by atoms with Crippen molar-refractivity contribution in [3.05, 3.63) is 47.8 Å². The number of pyridine rings is 2. The van der Waals surface area contributed by atoms with Crippen molar-refractivity contribution in [3.63, 3.8) is 0 Å². The average Bonchev–Trinajstić information content (AvgIpc) is 3.77. The van der Waals surface area contributed by atoms with E-state index in [1.165, 1.54) is 12.8 Å². The van der Waals surface area contributed by atoms with Gasteiger partial charge in [0.05, 0.1) is 11.1 Å². The summed E-state index contributed by atoms with van der Waals surface area (Å²) in [6, 6.07) is 7.23. The smallest absolute Gasteiger partial charge is 0.255 e. The van der Waals surface area contributed by atoms with Crippen molar-refractivity contribution in [1.29, 1.82) is 0 Å². The van der Waals surface area contributed by atoms with Gasteiger partial charge in [-0.25, -0.2) is 9.97 Å². The Balaban J connectivity index is 1.24. The van der Waals surface area contributed by atoms with Crippen LogP contribution in [0.2, 0.25) is 0 Å². The van der Waals surface area contributed by atoms with Crippen LogP contribution in [0.25, 0.3) is 0 Å². The number of anilines is 2. The zero-order valence-electron chi connectivity index (χ0n) is 20.4. The van der Waals surface area contributed by atoms with Gasteiger partial charge >= 0.3 is 0 Å². The van der Waals surface area contributed by atoms with E-state index in [2.05, 4.69) is 30.4 Å². The predicted octanol–water partition coefficient (Wildman–Crippen LogP) is 3.40. The van der Waals surface area contributed by atoms with Gasteiger partial charge in [0.1, 0.15) is 11.6 Å². The van der Waals surface area contributed by atoms with Gasteiger partial charge in [-0.1, -0.05) is 0 Å². The third-order valence-corrected chi connectivity index (χ3v) is 7.36. The van der Waals surface area contributed by atoms with Crippen LogP contribution < -0.4 is 20.4 Å². The molecule has 4 heterocycles. The molecule has 186 valence electrons. The lowest BCUT2D eigenvalue weighted by atomic mass is 10.1. The van der Waals surface area contributed by atoms with Crippen LogP contribution in [0.15, 0.2) is 36.7 Å². The Morgan fingerprint density at radius 2 is 1.31 bits per heavy atom. The summed E-state index contributed by atoms with van der Waals surface area (Å²) in [7, 11) is 0. The number of aromatic nitrogens is 2. The van der Waals surface area contributed by atoms with Crippen LogP contribution in [0.5, 0.6) is 0 Å².